The van der Waals surface area contributed by atoms with Crippen molar-refractivity contribution in [1.29, 1.82) is 0 Å². The molecule has 0 aliphatic rings. The second-order valence-corrected chi connectivity index (χ2v) is 8.02. The van der Waals surface area contributed by atoms with E-state index in [0.29, 0.717) is 29.1 Å². The Morgan fingerprint density at radius 1 is 1.03 bits per heavy atom. The minimum atomic E-state index is -0.825. The van der Waals surface area contributed by atoms with E-state index in [1.165, 1.54) is 0 Å². The quantitative estimate of drug-likeness (QED) is 0.304. The summed E-state index contributed by atoms with van der Waals surface area (Å²) in [4.78, 5) is 28.2. The van der Waals surface area contributed by atoms with Crippen LogP contribution in [0.25, 0.3) is 10.9 Å². The zero-order chi connectivity index (χ0) is 24.1. The Morgan fingerprint density at radius 3 is 2.51 bits per heavy atom. The number of aliphatic carboxylic acids is 1. The topological polar surface area (TPSA) is 115 Å². The molecule has 0 unspecified atom stereocenters. The number of pyridine rings is 1. The second-order valence-electron chi connectivity index (χ2n) is 8.02. The number of fused-ring (bicyclic) bond motifs is 1. The smallest absolute Gasteiger partial charge is 0.303 e. The highest BCUT2D eigenvalue weighted by Crippen LogP contribution is 2.25. The highest BCUT2D eigenvalue weighted by atomic mass is 35.5. The number of benzene rings is 3. The van der Waals surface area contributed by atoms with Crippen LogP contribution in [0, 0.1) is 6.92 Å². The van der Waals surface area contributed by atoms with Crippen molar-refractivity contribution in [3.05, 3.63) is 95.2 Å². The first-order valence-corrected chi connectivity index (χ1v) is 10.9. The first kappa shape index (κ1) is 25.5. The van der Waals surface area contributed by atoms with Gasteiger partial charge in [0, 0.05) is 40.0 Å². The van der Waals surface area contributed by atoms with Gasteiger partial charge in [-0.1, -0.05) is 30.3 Å². The minimum absolute atomic E-state index is 0. The van der Waals surface area contributed by atoms with Crippen molar-refractivity contribution in [2.45, 2.75) is 26.4 Å². The summed E-state index contributed by atoms with van der Waals surface area (Å²) in [5, 5.41) is 12.5. The number of aryl methyl sites for hydroxylation is 2. The van der Waals surface area contributed by atoms with Crippen LogP contribution in [-0.2, 0) is 17.8 Å². The molecule has 0 saturated carbocycles. The van der Waals surface area contributed by atoms with Gasteiger partial charge in [-0.2, -0.15) is 0 Å². The van der Waals surface area contributed by atoms with Gasteiger partial charge in [0.25, 0.3) is 5.91 Å². The zero-order valence-corrected chi connectivity index (χ0v) is 20.0. The maximum Gasteiger partial charge on any atom is 0.303 e. The molecule has 1 aromatic heterocycles. The van der Waals surface area contributed by atoms with Gasteiger partial charge in [-0.25, -0.2) is 0 Å². The molecule has 8 heteroatoms. The molecule has 1 amide bonds. The van der Waals surface area contributed by atoms with Crippen LogP contribution < -0.4 is 15.8 Å². The number of nitrogens with two attached hydrogens (primary N) is 1. The van der Waals surface area contributed by atoms with Crippen molar-refractivity contribution < 1.29 is 19.4 Å². The molecule has 0 bridgehead atoms. The van der Waals surface area contributed by atoms with Gasteiger partial charge in [0.2, 0.25) is 0 Å². The summed E-state index contributed by atoms with van der Waals surface area (Å²) >= 11 is 0. The molecule has 7 nitrogen and oxygen atoms in total. The number of nitrogens with zero attached hydrogens (tertiary/aromatic N) is 1. The van der Waals surface area contributed by atoms with E-state index >= 15 is 0 Å². The highest BCUT2D eigenvalue weighted by molar-refractivity contribution is 6.06. The molecule has 4 aromatic rings. The fourth-order valence-corrected chi connectivity index (χ4v) is 3.70. The van der Waals surface area contributed by atoms with E-state index in [9.17, 15) is 9.59 Å². The average Bonchev–Trinajstić information content (AvgIpc) is 2.82. The minimum Gasteiger partial charge on any atom is -0.489 e. The van der Waals surface area contributed by atoms with E-state index in [0.717, 1.165) is 27.7 Å². The second kappa shape index (κ2) is 11.4. The number of ether oxygens (including phenoxy) is 1. The first-order valence-electron chi connectivity index (χ1n) is 10.9. The molecule has 0 radical (unpaired) electrons. The van der Waals surface area contributed by atoms with Gasteiger partial charge >= 0.3 is 5.97 Å². The van der Waals surface area contributed by atoms with E-state index in [1.54, 1.807) is 36.4 Å². The average molecular weight is 492 g/mol. The van der Waals surface area contributed by atoms with E-state index in [2.05, 4.69) is 10.3 Å². The summed E-state index contributed by atoms with van der Waals surface area (Å²) in [6, 6.07) is 21.8. The molecule has 4 rings (SSSR count). The number of carboxylic acids is 1. The van der Waals surface area contributed by atoms with Crippen LogP contribution in [-0.4, -0.2) is 22.0 Å². The number of hydrogen-bond acceptors (Lipinski definition) is 5. The van der Waals surface area contributed by atoms with Crippen LogP contribution in [0.15, 0.2) is 72.8 Å². The van der Waals surface area contributed by atoms with E-state index in [1.807, 2.05) is 43.3 Å². The monoisotopic (exact) mass is 491 g/mol. The van der Waals surface area contributed by atoms with Gasteiger partial charge in [0.1, 0.15) is 12.4 Å². The fraction of sp³-hybridized carbons (Fsp3) is 0.148. The molecule has 0 spiro atoms. The van der Waals surface area contributed by atoms with Crippen LogP contribution in [0.3, 0.4) is 0 Å². The first-order chi connectivity index (χ1) is 16.4. The Labute approximate surface area is 209 Å². The third kappa shape index (κ3) is 6.49. The Morgan fingerprint density at radius 2 is 1.77 bits per heavy atom. The van der Waals surface area contributed by atoms with Crippen molar-refractivity contribution in [2.75, 3.05) is 11.1 Å². The van der Waals surface area contributed by atoms with E-state index in [4.69, 9.17) is 15.6 Å². The molecule has 0 atom stereocenters. The van der Waals surface area contributed by atoms with Crippen LogP contribution in [0.2, 0.25) is 0 Å². The SMILES string of the molecule is Cc1cc(N)c2cc(NC(=O)c3ccccc3COc3ccc(CCC(=O)O)cc3)ccc2n1.Cl. The van der Waals surface area contributed by atoms with E-state index in [-0.39, 0.29) is 31.3 Å². The Hall–Kier alpha value is -4.10. The standard InChI is InChI=1S/C27H25N3O4.ClH/c1-17-14-24(28)23-15-20(9-12-25(23)29-17)30-27(33)22-5-3-2-4-19(22)16-34-21-10-6-18(7-11-21)8-13-26(31)32;/h2-7,9-12,14-15H,8,13,16H2,1H3,(H2,28,29)(H,30,33)(H,31,32);1H. The predicted octanol–water partition coefficient (Wildman–Crippen LogP) is 5.40. The number of halogens is 1. The molecule has 35 heavy (non-hydrogen) atoms. The number of nitrogens with one attached hydrogen (secondary N) is 1. The summed E-state index contributed by atoms with van der Waals surface area (Å²) < 4.78 is 5.88. The molecule has 0 fully saturated rings. The summed E-state index contributed by atoms with van der Waals surface area (Å²) in [7, 11) is 0. The molecule has 180 valence electrons. The maximum absolute atomic E-state index is 13.0. The molecule has 4 N–H and O–H groups in total. The lowest BCUT2D eigenvalue weighted by Gasteiger charge is -2.13. The number of carboxylic acid groups (broad SMARTS) is 1. The number of hydrogen-bond donors (Lipinski definition) is 3. The Balaban J connectivity index is 0.00000342. The summed E-state index contributed by atoms with van der Waals surface area (Å²) in [6.45, 7) is 2.10. The van der Waals surface area contributed by atoms with Crippen LogP contribution in [0.5, 0.6) is 5.75 Å². The zero-order valence-electron chi connectivity index (χ0n) is 19.2. The number of aromatic nitrogens is 1. The summed E-state index contributed by atoms with van der Waals surface area (Å²) in [6.07, 6.45) is 0.553. The van der Waals surface area contributed by atoms with Crippen molar-refractivity contribution >= 4 is 46.6 Å². The normalized spacial score (nSPS) is 10.4. The molecule has 0 saturated heterocycles. The largest absolute Gasteiger partial charge is 0.489 e. The molecule has 0 aliphatic carbocycles. The lowest BCUT2D eigenvalue weighted by Crippen LogP contribution is -2.15. The van der Waals surface area contributed by atoms with Crippen LogP contribution >= 0.6 is 12.4 Å². The molecular formula is C27H26ClN3O4. The number of anilines is 2. The van der Waals surface area contributed by atoms with Crippen molar-refractivity contribution in [3.63, 3.8) is 0 Å². The number of nitrogen functional groups attached to an aromatic ring is 1. The predicted molar refractivity (Wildman–Crippen MR) is 139 cm³/mol. The summed E-state index contributed by atoms with van der Waals surface area (Å²) in [5.41, 5.74) is 11.2. The van der Waals surface area contributed by atoms with Gasteiger partial charge in [0.05, 0.1) is 5.52 Å². The van der Waals surface area contributed by atoms with Crippen molar-refractivity contribution in [3.8, 4) is 5.75 Å². The highest BCUT2D eigenvalue weighted by Gasteiger charge is 2.13. The van der Waals surface area contributed by atoms with E-state index < -0.39 is 5.97 Å². The van der Waals surface area contributed by atoms with Gasteiger partial charge in [-0.3, -0.25) is 14.6 Å². The van der Waals surface area contributed by atoms with Gasteiger partial charge in [-0.15, -0.1) is 12.4 Å². The van der Waals surface area contributed by atoms with Crippen LogP contribution in [0.1, 0.15) is 33.6 Å². The number of amides is 1. The number of carbonyl (C=O) groups is 2. The van der Waals surface area contributed by atoms with Gasteiger partial charge in [-0.05, 0) is 61.4 Å². The van der Waals surface area contributed by atoms with Gasteiger partial charge in [0.15, 0.2) is 0 Å². The number of carbonyl (C=O) groups excluding carboxylic acids is 1. The van der Waals surface area contributed by atoms with Crippen molar-refractivity contribution in [2.24, 2.45) is 0 Å². The molecule has 1 heterocycles. The third-order valence-electron chi connectivity index (χ3n) is 5.43. The molecular weight excluding hydrogens is 466 g/mol. The van der Waals surface area contributed by atoms with Crippen molar-refractivity contribution in [1.82, 2.24) is 4.98 Å². The Bertz CT molecular complexity index is 1360. The molecule has 3 aromatic carbocycles. The summed E-state index contributed by atoms with van der Waals surface area (Å²) in [5.74, 6) is -0.433. The molecule has 0 aliphatic heterocycles. The lowest BCUT2D eigenvalue weighted by atomic mass is 10.1. The lowest BCUT2D eigenvalue weighted by molar-refractivity contribution is -0.136. The maximum atomic E-state index is 13.0. The number of rotatable bonds is 8. The third-order valence-corrected chi connectivity index (χ3v) is 5.43. The fourth-order valence-electron chi connectivity index (χ4n) is 3.70. The van der Waals surface area contributed by atoms with Crippen LogP contribution in [0.4, 0.5) is 11.4 Å². The van der Waals surface area contributed by atoms with Gasteiger partial charge < -0.3 is 20.9 Å². The Kier molecular flexibility index (Phi) is 8.28.